The molecule has 2 rings (SSSR count). The van der Waals surface area contributed by atoms with Crippen LogP contribution < -0.4 is 4.74 Å². The molecule has 1 fully saturated rings. The fourth-order valence-corrected chi connectivity index (χ4v) is 3.80. The second kappa shape index (κ2) is 5.96. The van der Waals surface area contributed by atoms with Crippen molar-refractivity contribution in [1.29, 1.82) is 0 Å². The Morgan fingerprint density at radius 1 is 1.48 bits per heavy atom. The molecule has 1 atom stereocenters. The van der Waals surface area contributed by atoms with Crippen LogP contribution in [-0.4, -0.2) is 49.1 Å². The fourth-order valence-electron chi connectivity index (χ4n) is 2.26. The molecule has 1 unspecified atom stereocenters. The lowest BCUT2D eigenvalue weighted by molar-refractivity contribution is -0.386. The van der Waals surface area contributed by atoms with E-state index in [2.05, 4.69) is 0 Å². The fraction of sp³-hybridized carbons (Fsp3) is 0.500. The van der Waals surface area contributed by atoms with Crippen LogP contribution in [0.25, 0.3) is 0 Å². The largest absolute Gasteiger partial charge is 0.490 e. The maximum atomic E-state index is 12.5. The van der Waals surface area contributed by atoms with Gasteiger partial charge in [-0.1, -0.05) is 0 Å². The van der Waals surface area contributed by atoms with Crippen LogP contribution >= 0.6 is 0 Å². The first-order chi connectivity index (χ1) is 9.86. The molecule has 1 aliphatic rings. The molecule has 0 amide bonds. The smallest absolute Gasteiger partial charge is 0.312 e. The number of aliphatic hydroxyl groups excluding tert-OH is 1. The van der Waals surface area contributed by atoms with E-state index in [1.165, 1.54) is 19.2 Å². The van der Waals surface area contributed by atoms with Crippen molar-refractivity contribution in [2.45, 2.75) is 23.8 Å². The van der Waals surface area contributed by atoms with Crippen molar-refractivity contribution in [3.8, 4) is 5.75 Å². The number of β-amino-alcohol motifs (C(OH)–C–C–N with tert-alkyl or cyclic N) is 1. The van der Waals surface area contributed by atoms with Crippen LogP contribution in [0.2, 0.25) is 0 Å². The quantitative estimate of drug-likeness (QED) is 0.648. The average Bonchev–Trinajstić information content (AvgIpc) is 2.46. The molecular weight excluding hydrogens is 300 g/mol. The predicted molar refractivity (Wildman–Crippen MR) is 73.6 cm³/mol. The summed E-state index contributed by atoms with van der Waals surface area (Å²) in [4.78, 5) is 10.1. The Morgan fingerprint density at radius 2 is 2.19 bits per heavy atom. The van der Waals surface area contributed by atoms with Gasteiger partial charge in [0.05, 0.1) is 23.0 Å². The van der Waals surface area contributed by atoms with E-state index in [1.807, 2.05) is 0 Å². The minimum Gasteiger partial charge on any atom is -0.490 e. The highest BCUT2D eigenvalue weighted by Crippen LogP contribution is 2.31. The van der Waals surface area contributed by atoms with Crippen LogP contribution in [0.15, 0.2) is 23.1 Å². The molecule has 1 heterocycles. The SMILES string of the molecule is COc1ccc(S(=O)(=O)N2CCCC(O)C2)cc1[N+](=O)[O-]. The summed E-state index contributed by atoms with van der Waals surface area (Å²) < 4.78 is 30.9. The minimum atomic E-state index is -3.86. The molecule has 116 valence electrons. The second-order valence-corrected chi connectivity index (χ2v) is 6.69. The summed E-state index contributed by atoms with van der Waals surface area (Å²) in [6, 6.07) is 3.50. The molecule has 9 heteroatoms. The van der Waals surface area contributed by atoms with Crippen molar-refractivity contribution in [2.75, 3.05) is 20.2 Å². The van der Waals surface area contributed by atoms with Gasteiger partial charge in [0, 0.05) is 19.2 Å². The van der Waals surface area contributed by atoms with Crippen LogP contribution in [-0.2, 0) is 10.0 Å². The molecular formula is C12H16N2O6S. The number of methoxy groups -OCH3 is 1. The highest BCUT2D eigenvalue weighted by molar-refractivity contribution is 7.89. The highest BCUT2D eigenvalue weighted by Gasteiger charge is 2.31. The van der Waals surface area contributed by atoms with E-state index in [9.17, 15) is 23.6 Å². The summed E-state index contributed by atoms with van der Waals surface area (Å²) >= 11 is 0. The van der Waals surface area contributed by atoms with E-state index in [0.29, 0.717) is 19.4 Å². The Morgan fingerprint density at radius 3 is 2.76 bits per heavy atom. The Hall–Kier alpha value is -1.71. The zero-order chi connectivity index (χ0) is 15.6. The molecule has 0 spiro atoms. The molecule has 1 aromatic rings. The maximum absolute atomic E-state index is 12.5. The van der Waals surface area contributed by atoms with Crippen LogP contribution in [0.3, 0.4) is 0 Å². The van der Waals surface area contributed by atoms with E-state index in [-0.39, 0.29) is 17.2 Å². The van der Waals surface area contributed by atoms with Gasteiger partial charge < -0.3 is 9.84 Å². The molecule has 0 radical (unpaired) electrons. The van der Waals surface area contributed by atoms with Gasteiger partial charge in [-0.25, -0.2) is 8.42 Å². The Balaban J connectivity index is 2.40. The van der Waals surface area contributed by atoms with E-state index in [1.54, 1.807) is 0 Å². The topological polar surface area (TPSA) is 110 Å². The average molecular weight is 316 g/mol. The number of aliphatic hydroxyl groups is 1. The number of piperidine rings is 1. The van der Waals surface area contributed by atoms with Crippen LogP contribution in [0.1, 0.15) is 12.8 Å². The minimum absolute atomic E-state index is 0.00214. The van der Waals surface area contributed by atoms with Gasteiger partial charge in [-0.3, -0.25) is 10.1 Å². The van der Waals surface area contributed by atoms with E-state index in [4.69, 9.17) is 4.74 Å². The van der Waals surface area contributed by atoms with Gasteiger partial charge in [0.25, 0.3) is 0 Å². The number of nitro groups is 1. The van der Waals surface area contributed by atoms with Crippen molar-refractivity contribution in [3.63, 3.8) is 0 Å². The number of nitrogens with zero attached hydrogens (tertiary/aromatic N) is 2. The Bertz CT molecular complexity index is 645. The van der Waals surface area contributed by atoms with Gasteiger partial charge in [0.15, 0.2) is 5.75 Å². The highest BCUT2D eigenvalue weighted by atomic mass is 32.2. The molecule has 1 aliphatic heterocycles. The second-order valence-electron chi connectivity index (χ2n) is 4.75. The number of rotatable bonds is 4. The number of ether oxygens (including phenoxy) is 1. The third-order valence-corrected chi connectivity index (χ3v) is 5.21. The van der Waals surface area contributed by atoms with Crippen molar-refractivity contribution in [3.05, 3.63) is 28.3 Å². The number of benzene rings is 1. The van der Waals surface area contributed by atoms with Crippen LogP contribution in [0.5, 0.6) is 5.75 Å². The van der Waals surface area contributed by atoms with Crippen molar-refractivity contribution in [1.82, 2.24) is 4.31 Å². The summed E-state index contributed by atoms with van der Waals surface area (Å²) in [6.07, 6.45) is 0.398. The summed E-state index contributed by atoms with van der Waals surface area (Å²) in [7, 11) is -2.59. The van der Waals surface area contributed by atoms with Crippen molar-refractivity contribution >= 4 is 15.7 Å². The molecule has 0 aliphatic carbocycles. The lowest BCUT2D eigenvalue weighted by Crippen LogP contribution is -2.42. The van der Waals surface area contributed by atoms with Crippen LogP contribution in [0.4, 0.5) is 5.69 Å². The first-order valence-electron chi connectivity index (χ1n) is 6.37. The lowest BCUT2D eigenvalue weighted by atomic mass is 10.1. The summed E-state index contributed by atoms with van der Waals surface area (Å²) in [5.41, 5.74) is -0.406. The number of sulfonamides is 1. The van der Waals surface area contributed by atoms with Crippen molar-refractivity contribution < 1.29 is 23.2 Å². The number of hydrogen-bond acceptors (Lipinski definition) is 6. The molecule has 0 saturated carbocycles. The first kappa shape index (κ1) is 15.7. The van der Waals surface area contributed by atoms with Crippen LogP contribution in [0, 0.1) is 10.1 Å². The summed E-state index contributed by atoms with van der Waals surface area (Å²) in [5, 5.41) is 20.5. The predicted octanol–water partition coefficient (Wildman–Crippen LogP) is 0.749. The zero-order valence-corrected chi connectivity index (χ0v) is 12.2. The standard InChI is InChI=1S/C12H16N2O6S/c1-20-12-5-4-10(7-11(12)14(16)17)21(18,19)13-6-2-3-9(15)8-13/h4-5,7,9,15H,2-3,6,8H2,1H3. The van der Waals surface area contributed by atoms with E-state index in [0.717, 1.165) is 10.4 Å². The maximum Gasteiger partial charge on any atom is 0.312 e. The first-order valence-corrected chi connectivity index (χ1v) is 7.81. The molecule has 1 saturated heterocycles. The molecule has 1 N–H and O–H groups in total. The lowest BCUT2D eigenvalue weighted by Gasteiger charge is -2.29. The Labute approximate surface area is 122 Å². The van der Waals surface area contributed by atoms with Gasteiger partial charge in [0.1, 0.15) is 0 Å². The molecule has 1 aromatic carbocycles. The molecule has 21 heavy (non-hydrogen) atoms. The Kier molecular flexibility index (Phi) is 4.45. The van der Waals surface area contributed by atoms with Crippen molar-refractivity contribution in [2.24, 2.45) is 0 Å². The molecule has 8 nitrogen and oxygen atoms in total. The third kappa shape index (κ3) is 3.14. The van der Waals surface area contributed by atoms with Gasteiger partial charge in [0.2, 0.25) is 10.0 Å². The van der Waals surface area contributed by atoms with E-state index >= 15 is 0 Å². The third-order valence-electron chi connectivity index (χ3n) is 3.34. The van der Waals surface area contributed by atoms with Gasteiger partial charge in [-0.05, 0) is 25.0 Å². The monoisotopic (exact) mass is 316 g/mol. The zero-order valence-electron chi connectivity index (χ0n) is 11.4. The van der Waals surface area contributed by atoms with Gasteiger partial charge >= 0.3 is 5.69 Å². The number of hydrogen-bond donors (Lipinski definition) is 1. The number of nitro benzene ring substituents is 1. The van der Waals surface area contributed by atoms with Gasteiger partial charge in [-0.15, -0.1) is 0 Å². The summed E-state index contributed by atoms with van der Waals surface area (Å²) in [6.45, 7) is 0.293. The van der Waals surface area contributed by atoms with Gasteiger partial charge in [-0.2, -0.15) is 4.31 Å². The summed E-state index contributed by atoms with van der Waals surface area (Å²) in [5.74, 6) is -0.00220. The van der Waals surface area contributed by atoms with E-state index < -0.39 is 26.7 Å². The normalized spacial score (nSPS) is 20.2. The molecule has 0 bridgehead atoms. The molecule has 0 aromatic heterocycles.